The Morgan fingerprint density at radius 2 is 1.41 bits per heavy atom. The third-order valence-corrected chi connectivity index (χ3v) is 5.05. The van der Waals surface area contributed by atoms with Crippen molar-refractivity contribution in [1.82, 2.24) is 0 Å². The number of ether oxygens (including phenoxy) is 1. The van der Waals surface area contributed by atoms with Gasteiger partial charge in [-0.3, -0.25) is 9.59 Å². The van der Waals surface area contributed by atoms with Crippen LogP contribution in [-0.2, 0) is 20.0 Å². The number of rotatable bonds is 9. The number of carbonyl (C=O) groups excluding carboxylic acids is 3. The van der Waals surface area contributed by atoms with Crippen molar-refractivity contribution < 1.29 is 27.9 Å². The highest BCUT2D eigenvalue weighted by Gasteiger charge is 2.29. The van der Waals surface area contributed by atoms with Gasteiger partial charge in [0, 0.05) is 5.71 Å². The molecule has 0 aliphatic heterocycles. The van der Waals surface area contributed by atoms with E-state index in [1.54, 1.807) is 15.3 Å². The van der Waals surface area contributed by atoms with Crippen molar-refractivity contribution >= 4 is 33.3 Å². The van der Waals surface area contributed by atoms with Gasteiger partial charge in [0.1, 0.15) is 24.1 Å². The minimum atomic E-state index is -2.95. The fourth-order valence-electron chi connectivity index (χ4n) is 2.81. The van der Waals surface area contributed by atoms with E-state index in [0.29, 0.717) is 12.3 Å². The largest absolute Gasteiger partial charge is 0.493 e. The van der Waals surface area contributed by atoms with E-state index < -0.39 is 5.66 Å². The van der Waals surface area contributed by atoms with Crippen molar-refractivity contribution in [2.75, 3.05) is 6.61 Å². The lowest BCUT2D eigenvalue weighted by Gasteiger charge is -2.18. The number of hydrogen-bond acceptors (Lipinski definition) is 5. The summed E-state index contributed by atoms with van der Waals surface area (Å²) in [6.45, 7) is 23.2. The molecule has 0 heterocycles. The molecule has 0 aliphatic rings. The molecule has 0 saturated heterocycles. The molecule has 0 fully saturated rings. The van der Waals surface area contributed by atoms with E-state index in [-0.39, 0.29) is 35.2 Å². The van der Waals surface area contributed by atoms with Gasteiger partial charge in [-0.15, -0.1) is 0 Å². The maximum Gasteiger partial charge on any atom is 0.287 e. The topological polar surface area (TPSA) is 84.3 Å². The number of Topliss-reactive ketones (excluding diaryl/α,β-unsaturated/α-hetero) is 2. The third kappa shape index (κ3) is 23.6. The summed E-state index contributed by atoms with van der Waals surface area (Å²) in [5.41, 5.74) is 0.891. The standard InChI is InChI=1S/C13H19F2OP.C10H13N.C5H8O2.2C2H6.CH2O/c1-4-7-16-12-6-5-10(9(2)3)8-11(12)13(14,15)17;1-3-10(11)9-6-4-8(2)5-7-9;1-4(6)3-5(2)7;3*1-2/h5-6,8-9H,4,7,17H2,1-3H3;4-7,11H,3H2,1-2H3;3H2,1-2H3;2*1-2H3;1H2. The molecule has 0 aliphatic carbocycles. The van der Waals surface area contributed by atoms with Crippen molar-refractivity contribution in [3.05, 3.63) is 64.7 Å². The molecular weight excluding hydrogens is 543 g/mol. The number of alkyl halides is 2. The highest BCUT2D eigenvalue weighted by molar-refractivity contribution is 7.17. The molecule has 2 aromatic carbocycles. The average Bonchev–Trinajstić information content (AvgIpc) is 2.94. The monoisotopic (exact) mass is 597 g/mol. The van der Waals surface area contributed by atoms with E-state index in [1.165, 1.54) is 25.5 Å². The summed E-state index contributed by atoms with van der Waals surface area (Å²) in [5, 5.41) is 7.55. The predicted molar refractivity (Wildman–Crippen MR) is 174 cm³/mol. The average molecular weight is 598 g/mol. The lowest BCUT2D eigenvalue weighted by Crippen LogP contribution is -2.08. The van der Waals surface area contributed by atoms with Crippen LogP contribution in [0.2, 0.25) is 0 Å². The van der Waals surface area contributed by atoms with E-state index >= 15 is 0 Å². The van der Waals surface area contributed by atoms with E-state index in [4.69, 9.17) is 14.9 Å². The summed E-state index contributed by atoms with van der Waals surface area (Å²) in [4.78, 5) is 28.1. The highest BCUT2D eigenvalue weighted by atomic mass is 31.0. The molecule has 1 unspecified atom stereocenters. The second-order valence-electron chi connectivity index (χ2n) is 8.66. The zero-order valence-corrected chi connectivity index (χ0v) is 28.3. The van der Waals surface area contributed by atoms with E-state index in [0.717, 1.165) is 24.0 Å². The van der Waals surface area contributed by atoms with Crippen molar-refractivity contribution in [2.24, 2.45) is 0 Å². The first-order valence-electron chi connectivity index (χ1n) is 14.1. The second kappa shape index (κ2) is 27.4. The van der Waals surface area contributed by atoms with Crippen molar-refractivity contribution in [3.63, 3.8) is 0 Å². The Balaban J connectivity index is -0.000000246. The molecule has 5 nitrogen and oxygen atoms in total. The first-order chi connectivity index (χ1) is 19.2. The normalized spacial score (nSPS) is 9.34. The fraction of sp³-hybridized carbons (Fsp3) is 0.515. The third-order valence-electron chi connectivity index (χ3n) is 4.74. The molecule has 8 heteroatoms. The number of ketones is 2. The number of hydrogen-bond donors (Lipinski definition) is 1. The Kier molecular flexibility index (Phi) is 30.2. The second-order valence-corrected chi connectivity index (χ2v) is 9.39. The lowest BCUT2D eigenvalue weighted by atomic mass is 10.0. The van der Waals surface area contributed by atoms with Crippen molar-refractivity contribution in [3.8, 4) is 5.75 Å². The van der Waals surface area contributed by atoms with E-state index in [9.17, 15) is 18.4 Å². The smallest absolute Gasteiger partial charge is 0.287 e. The molecule has 2 aromatic rings. The Morgan fingerprint density at radius 3 is 1.73 bits per heavy atom. The molecular formula is C33H54F2NO4P. The molecule has 234 valence electrons. The first kappa shape index (κ1) is 45.2. The summed E-state index contributed by atoms with van der Waals surface area (Å²) in [6.07, 6.45) is 1.69. The Labute approximate surface area is 250 Å². The Hall–Kier alpha value is -2.79. The van der Waals surface area contributed by atoms with Crippen LogP contribution >= 0.6 is 9.24 Å². The summed E-state index contributed by atoms with van der Waals surface area (Å²) in [7, 11) is 1.57. The number of carbonyl (C=O) groups is 3. The predicted octanol–water partition coefficient (Wildman–Crippen LogP) is 9.72. The van der Waals surface area contributed by atoms with Crippen LogP contribution in [0.1, 0.15) is 117 Å². The Morgan fingerprint density at radius 1 is 0.951 bits per heavy atom. The van der Waals surface area contributed by atoms with Gasteiger partial charge < -0.3 is 14.9 Å². The minimum absolute atomic E-state index is 0.0536. The molecule has 0 amide bonds. The van der Waals surface area contributed by atoms with Crippen LogP contribution in [0.4, 0.5) is 8.78 Å². The number of halogens is 2. The van der Waals surface area contributed by atoms with Crippen LogP contribution in [-0.4, -0.2) is 30.7 Å². The maximum absolute atomic E-state index is 13.5. The zero-order valence-electron chi connectivity index (χ0n) is 27.1. The summed E-state index contributed by atoms with van der Waals surface area (Å²) in [6, 6.07) is 13.1. The van der Waals surface area contributed by atoms with E-state index in [1.807, 2.05) is 92.5 Å². The molecule has 0 bridgehead atoms. The minimum Gasteiger partial charge on any atom is -0.493 e. The van der Waals surface area contributed by atoms with Gasteiger partial charge in [-0.05, 0) is 62.8 Å². The van der Waals surface area contributed by atoms with Crippen LogP contribution in [0.5, 0.6) is 5.75 Å². The quantitative estimate of drug-likeness (QED) is 0.177. The SMILES string of the molecule is C=O.CC.CC.CC(=O)CC(C)=O.CCC(=N)c1ccc(C)cc1.CCCOc1ccc(C(C)C)cc1C(F)(F)P. The van der Waals surface area contributed by atoms with Crippen LogP contribution in [0, 0.1) is 12.3 Å². The lowest BCUT2D eigenvalue weighted by molar-refractivity contribution is -0.124. The molecule has 0 spiro atoms. The molecule has 2 rings (SSSR count). The van der Waals surface area contributed by atoms with Crippen LogP contribution in [0.15, 0.2) is 42.5 Å². The first-order valence-corrected chi connectivity index (χ1v) is 14.7. The van der Waals surface area contributed by atoms with Gasteiger partial charge in [-0.25, -0.2) is 0 Å². The van der Waals surface area contributed by atoms with E-state index in [2.05, 4.69) is 6.92 Å². The highest BCUT2D eigenvalue weighted by Crippen LogP contribution is 2.41. The molecule has 1 N–H and O–H groups in total. The number of benzene rings is 2. The summed E-state index contributed by atoms with van der Waals surface area (Å²) >= 11 is 0. The van der Waals surface area contributed by atoms with Gasteiger partial charge in [0.15, 0.2) is 0 Å². The van der Waals surface area contributed by atoms with Crippen LogP contribution < -0.4 is 4.74 Å². The van der Waals surface area contributed by atoms with Gasteiger partial charge in [-0.1, -0.05) is 101 Å². The molecule has 41 heavy (non-hydrogen) atoms. The van der Waals surface area contributed by atoms with Gasteiger partial charge in [0.2, 0.25) is 0 Å². The summed E-state index contributed by atoms with van der Waals surface area (Å²) in [5.74, 6) is 0.373. The molecule has 0 saturated carbocycles. The zero-order chi connectivity index (χ0) is 33.2. The van der Waals surface area contributed by atoms with Crippen molar-refractivity contribution in [2.45, 2.75) is 107 Å². The molecule has 0 radical (unpaired) electrons. The molecule has 0 aromatic heterocycles. The van der Waals surface area contributed by atoms with Crippen LogP contribution in [0.3, 0.4) is 0 Å². The van der Waals surface area contributed by atoms with Crippen LogP contribution in [0.25, 0.3) is 0 Å². The number of nitrogens with one attached hydrogen (secondary N) is 1. The fourth-order valence-corrected chi connectivity index (χ4v) is 3.04. The van der Waals surface area contributed by atoms with Gasteiger partial charge in [0.25, 0.3) is 5.66 Å². The number of aryl methyl sites for hydroxylation is 1. The summed E-state index contributed by atoms with van der Waals surface area (Å²) < 4.78 is 32.3. The Bertz CT molecular complexity index is 960. The van der Waals surface area contributed by atoms with Gasteiger partial charge >= 0.3 is 0 Å². The maximum atomic E-state index is 13.5. The van der Waals surface area contributed by atoms with Gasteiger partial charge in [-0.2, -0.15) is 8.78 Å². The van der Waals surface area contributed by atoms with Crippen molar-refractivity contribution in [1.29, 1.82) is 5.41 Å². The molecule has 1 atom stereocenters. The van der Waals surface area contributed by atoms with Gasteiger partial charge in [0.05, 0.1) is 18.6 Å².